The Hall–Kier alpha value is -2.48. The van der Waals surface area contributed by atoms with Crippen LogP contribution < -0.4 is 10.5 Å². The van der Waals surface area contributed by atoms with Gasteiger partial charge in [-0.2, -0.15) is 0 Å². The lowest BCUT2D eigenvalue weighted by Crippen LogP contribution is -3.12. The molecule has 2 N–H and O–H groups in total. The maximum Gasteiger partial charge on any atom is 0.262 e. The molecule has 0 saturated carbocycles. The molecule has 1 saturated heterocycles. The zero-order valence-corrected chi connectivity index (χ0v) is 17.6. The molecule has 2 heterocycles. The Labute approximate surface area is 178 Å². The Bertz CT molecular complexity index is 1200. The number of H-pyrrole nitrogens is 1. The molecule has 0 bridgehead atoms. The molecule has 0 radical (unpaired) electrons. The Morgan fingerprint density at radius 2 is 1.93 bits per heavy atom. The number of likely N-dealkylation sites (N-methyl/N-ethyl adjacent to an activating group) is 1. The van der Waals surface area contributed by atoms with Crippen LogP contribution in [0, 0.1) is 4.77 Å². The zero-order valence-electron chi connectivity index (χ0n) is 16.1. The van der Waals surface area contributed by atoms with E-state index in [0.29, 0.717) is 26.3 Å². The number of carbonyl (C=O) groups excluding carboxylic acids is 1. The molecule has 29 heavy (non-hydrogen) atoms. The van der Waals surface area contributed by atoms with Crippen molar-refractivity contribution in [2.45, 2.75) is 6.54 Å². The molecule has 1 aliphatic heterocycles. The van der Waals surface area contributed by atoms with E-state index in [4.69, 9.17) is 23.8 Å². The van der Waals surface area contributed by atoms with Crippen LogP contribution in [-0.4, -0.2) is 53.6 Å². The molecule has 0 unspecified atom stereocenters. The summed E-state index contributed by atoms with van der Waals surface area (Å²) < 4.78 is 1.79. The molecule has 0 atom stereocenters. The van der Waals surface area contributed by atoms with Crippen LogP contribution in [0.25, 0.3) is 10.9 Å². The summed E-state index contributed by atoms with van der Waals surface area (Å²) in [6.45, 7) is 3.63. The Morgan fingerprint density at radius 1 is 1.21 bits per heavy atom. The molecule has 0 aliphatic carbocycles. The van der Waals surface area contributed by atoms with Gasteiger partial charge in [0.2, 0.25) is 0 Å². The molecule has 8 heteroatoms. The third-order valence-corrected chi connectivity index (χ3v) is 6.11. The molecular formula is C21H22ClN4O2S+. The number of fused-ring (bicyclic) bond motifs is 1. The first-order valence-corrected chi connectivity index (χ1v) is 10.3. The van der Waals surface area contributed by atoms with Gasteiger partial charge in [0.1, 0.15) is 0 Å². The largest absolute Gasteiger partial charge is 0.334 e. The minimum absolute atomic E-state index is 0.0148. The number of benzene rings is 2. The summed E-state index contributed by atoms with van der Waals surface area (Å²) in [7, 11) is 2.13. The minimum Gasteiger partial charge on any atom is -0.334 e. The summed E-state index contributed by atoms with van der Waals surface area (Å²) >= 11 is 11.7. The summed E-state index contributed by atoms with van der Waals surface area (Å²) in [6, 6.07) is 12.5. The number of nitrogens with one attached hydrogen (secondary N) is 2. The lowest BCUT2D eigenvalue weighted by atomic mass is 10.1. The quantitative estimate of drug-likeness (QED) is 0.623. The molecule has 150 valence electrons. The van der Waals surface area contributed by atoms with Crippen molar-refractivity contribution >= 4 is 40.6 Å². The van der Waals surface area contributed by atoms with E-state index >= 15 is 0 Å². The number of aromatic amines is 1. The van der Waals surface area contributed by atoms with Gasteiger partial charge < -0.3 is 14.8 Å². The van der Waals surface area contributed by atoms with Crippen molar-refractivity contribution in [2.75, 3.05) is 33.2 Å². The highest BCUT2D eigenvalue weighted by Gasteiger charge is 2.23. The molecule has 6 nitrogen and oxygen atoms in total. The number of halogens is 1. The standard InChI is InChI=1S/C21H21ClN4O2S/c1-24-8-10-25(11-9-24)19(27)14-6-7-16-18(12-14)23-21(29)26(20(16)28)13-15-4-2-3-5-17(15)22/h2-7,12H,8-11,13H2,1H3,(H,23,29)/p+1. The van der Waals surface area contributed by atoms with Gasteiger partial charge in [-0.1, -0.05) is 29.8 Å². The third kappa shape index (κ3) is 3.99. The van der Waals surface area contributed by atoms with E-state index < -0.39 is 0 Å². The monoisotopic (exact) mass is 429 g/mol. The number of nitrogens with zero attached hydrogens (tertiary/aromatic N) is 2. The fourth-order valence-electron chi connectivity index (χ4n) is 3.60. The van der Waals surface area contributed by atoms with E-state index in [-0.39, 0.29) is 18.0 Å². The highest BCUT2D eigenvalue weighted by Crippen LogP contribution is 2.17. The maximum absolute atomic E-state index is 13.0. The van der Waals surface area contributed by atoms with Crippen molar-refractivity contribution in [3.05, 3.63) is 73.7 Å². The predicted molar refractivity (Wildman–Crippen MR) is 116 cm³/mol. The van der Waals surface area contributed by atoms with Gasteiger partial charge in [-0.25, -0.2) is 0 Å². The Morgan fingerprint density at radius 3 is 2.66 bits per heavy atom. The molecule has 1 fully saturated rings. The molecule has 0 spiro atoms. The van der Waals surface area contributed by atoms with Crippen molar-refractivity contribution in [1.82, 2.24) is 14.5 Å². The molecule has 3 aromatic rings. The number of aromatic nitrogens is 2. The summed E-state index contributed by atoms with van der Waals surface area (Å²) in [4.78, 5) is 32.3. The van der Waals surface area contributed by atoms with E-state index in [1.54, 1.807) is 24.3 Å². The summed E-state index contributed by atoms with van der Waals surface area (Å²) in [5, 5.41) is 1.08. The second-order valence-electron chi connectivity index (χ2n) is 7.42. The van der Waals surface area contributed by atoms with Crippen molar-refractivity contribution in [3.63, 3.8) is 0 Å². The second kappa shape index (κ2) is 8.10. The van der Waals surface area contributed by atoms with E-state index in [1.165, 1.54) is 9.47 Å². The number of hydrogen-bond acceptors (Lipinski definition) is 3. The van der Waals surface area contributed by atoms with Gasteiger partial charge in [-0.3, -0.25) is 14.2 Å². The van der Waals surface area contributed by atoms with Crippen LogP contribution >= 0.6 is 23.8 Å². The zero-order chi connectivity index (χ0) is 20.5. The van der Waals surface area contributed by atoms with Gasteiger partial charge in [-0.15, -0.1) is 0 Å². The SMILES string of the molecule is C[NH+]1CCN(C(=O)c2ccc3c(=O)n(Cc4ccccc4Cl)c(=S)[nH]c3c2)CC1. The van der Waals surface area contributed by atoms with Gasteiger partial charge >= 0.3 is 0 Å². The second-order valence-corrected chi connectivity index (χ2v) is 8.22. The van der Waals surface area contributed by atoms with Crippen LogP contribution in [0.4, 0.5) is 0 Å². The van der Waals surface area contributed by atoms with Crippen LogP contribution in [0.5, 0.6) is 0 Å². The number of hydrogen-bond donors (Lipinski definition) is 2. The van der Waals surface area contributed by atoms with E-state index in [1.807, 2.05) is 23.1 Å². The molecule has 4 rings (SSSR count). The number of carbonyl (C=O) groups is 1. The average molecular weight is 430 g/mol. The first-order valence-electron chi connectivity index (χ1n) is 9.55. The normalized spacial score (nSPS) is 15.0. The molecule has 2 aromatic carbocycles. The Balaban J connectivity index is 1.69. The highest BCUT2D eigenvalue weighted by atomic mass is 35.5. The average Bonchev–Trinajstić information content (AvgIpc) is 2.72. The Kier molecular flexibility index (Phi) is 5.54. The molecule has 1 aromatic heterocycles. The fourth-order valence-corrected chi connectivity index (χ4v) is 4.06. The first kappa shape index (κ1) is 19.8. The van der Waals surface area contributed by atoms with Gasteiger partial charge in [0, 0.05) is 10.6 Å². The van der Waals surface area contributed by atoms with Gasteiger partial charge in [0.05, 0.1) is 50.7 Å². The summed E-state index contributed by atoms with van der Waals surface area (Å²) in [5.41, 5.74) is 1.75. The van der Waals surface area contributed by atoms with E-state index in [0.717, 1.165) is 31.7 Å². The van der Waals surface area contributed by atoms with E-state index in [9.17, 15) is 9.59 Å². The maximum atomic E-state index is 13.0. The summed E-state index contributed by atoms with van der Waals surface area (Å²) in [5.74, 6) is -0.0148. The van der Waals surface area contributed by atoms with Crippen LogP contribution in [0.3, 0.4) is 0 Å². The lowest BCUT2D eigenvalue weighted by Gasteiger charge is -2.30. The molecular weight excluding hydrogens is 408 g/mol. The van der Waals surface area contributed by atoms with Crippen LogP contribution in [0.1, 0.15) is 15.9 Å². The fraction of sp³-hybridized carbons (Fsp3) is 0.286. The first-order chi connectivity index (χ1) is 13.9. The predicted octanol–water partition coefficient (Wildman–Crippen LogP) is 1.73. The topological polar surface area (TPSA) is 62.5 Å². The summed E-state index contributed by atoms with van der Waals surface area (Å²) in [6.07, 6.45) is 0. The lowest BCUT2D eigenvalue weighted by molar-refractivity contribution is -0.883. The van der Waals surface area contributed by atoms with Crippen molar-refractivity contribution in [3.8, 4) is 0 Å². The molecule has 1 amide bonds. The number of amides is 1. The molecule has 1 aliphatic rings. The number of rotatable bonds is 3. The van der Waals surface area contributed by atoms with Crippen LogP contribution in [0.15, 0.2) is 47.3 Å². The van der Waals surface area contributed by atoms with E-state index in [2.05, 4.69) is 12.0 Å². The van der Waals surface area contributed by atoms with Crippen LogP contribution in [0.2, 0.25) is 5.02 Å². The van der Waals surface area contributed by atoms with Crippen molar-refractivity contribution in [1.29, 1.82) is 0 Å². The third-order valence-electron chi connectivity index (χ3n) is 5.42. The van der Waals surface area contributed by atoms with Gasteiger partial charge in [0.15, 0.2) is 4.77 Å². The minimum atomic E-state index is -0.203. The van der Waals surface area contributed by atoms with Gasteiger partial charge in [0.25, 0.3) is 11.5 Å². The van der Waals surface area contributed by atoms with Crippen LogP contribution in [-0.2, 0) is 6.54 Å². The van der Waals surface area contributed by atoms with Crippen molar-refractivity contribution < 1.29 is 9.69 Å². The van der Waals surface area contributed by atoms with Crippen molar-refractivity contribution in [2.24, 2.45) is 0 Å². The highest BCUT2D eigenvalue weighted by molar-refractivity contribution is 7.71. The smallest absolute Gasteiger partial charge is 0.262 e. The van der Waals surface area contributed by atoms with Gasteiger partial charge in [-0.05, 0) is 42.0 Å². The number of piperazine rings is 1. The number of quaternary nitrogens is 1.